The van der Waals surface area contributed by atoms with Gasteiger partial charge >= 0.3 is 0 Å². The van der Waals surface area contributed by atoms with Crippen LogP contribution in [0.4, 0.5) is 0 Å². The maximum absolute atomic E-state index is 11.8. The fraction of sp³-hybridized carbons (Fsp3) is 0.400. The number of rotatable bonds is 5. The first kappa shape index (κ1) is 15.1. The number of sulfonamides is 1. The van der Waals surface area contributed by atoms with Crippen LogP contribution in [0.1, 0.15) is 12.5 Å². The topological polar surface area (TPSA) is 66.4 Å². The van der Waals surface area contributed by atoms with E-state index < -0.39 is 16.1 Å². The van der Waals surface area contributed by atoms with E-state index in [1.165, 1.54) is 0 Å². The lowest BCUT2D eigenvalue weighted by Gasteiger charge is -2.13. The number of halogens is 2. The molecule has 4 nitrogen and oxygen atoms in total. The first-order valence-corrected chi connectivity index (χ1v) is 8.13. The van der Waals surface area contributed by atoms with E-state index in [4.69, 9.17) is 5.11 Å². The summed E-state index contributed by atoms with van der Waals surface area (Å²) in [5.74, 6) is -0.140. The molecule has 0 aromatic heterocycles. The Morgan fingerprint density at radius 2 is 1.88 bits per heavy atom. The molecule has 0 aliphatic carbocycles. The van der Waals surface area contributed by atoms with Crippen molar-refractivity contribution < 1.29 is 13.5 Å². The summed E-state index contributed by atoms with van der Waals surface area (Å²) >= 11 is 6.62. The van der Waals surface area contributed by atoms with Gasteiger partial charge in [0.15, 0.2) is 0 Å². The fourth-order valence-corrected chi connectivity index (χ4v) is 4.36. The average molecular weight is 387 g/mol. The summed E-state index contributed by atoms with van der Waals surface area (Å²) in [5, 5.41) is 8.83. The smallest absolute Gasteiger partial charge is 0.216 e. The van der Waals surface area contributed by atoms with Crippen LogP contribution >= 0.6 is 31.9 Å². The molecule has 2 N–H and O–H groups in total. The molecule has 0 radical (unpaired) electrons. The van der Waals surface area contributed by atoms with E-state index in [0.717, 1.165) is 8.95 Å². The molecule has 1 atom stereocenters. The van der Waals surface area contributed by atoms with Crippen molar-refractivity contribution in [3.63, 3.8) is 0 Å². The summed E-state index contributed by atoms with van der Waals surface area (Å²) in [4.78, 5) is 0. The van der Waals surface area contributed by atoms with Crippen molar-refractivity contribution in [3.8, 4) is 0 Å². The molecule has 0 saturated heterocycles. The van der Waals surface area contributed by atoms with Gasteiger partial charge in [0.05, 0.1) is 12.4 Å². The zero-order valence-electron chi connectivity index (χ0n) is 9.15. The van der Waals surface area contributed by atoms with Gasteiger partial charge in [-0.2, -0.15) is 0 Å². The molecular weight excluding hydrogens is 374 g/mol. The van der Waals surface area contributed by atoms with Gasteiger partial charge in [-0.15, -0.1) is 0 Å². The van der Waals surface area contributed by atoms with E-state index in [2.05, 4.69) is 36.6 Å². The molecule has 0 saturated carbocycles. The van der Waals surface area contributed by atoms with Crippen LogP contribution in [0.5, 0.6) is 0 Å². The Morgan fingerprint density at radius 1 is 1.35 bits per heavy atom. The number of hydrogen-bond donors (Lipinski definition) is 2. The summed E-state index contributed by atoms with van der Waals surface area (Å²) in [5.41, 5.74) is 0.658. The third-order valence-corrected chi connectivity index (χ3v) is 4.97. The fourth-order valence-electron chi connectivity index (χ4n) is 1.25. The number of nitrogens with one attached hydrogen (secondary N) is 1. The predicted octanol–water partition coefficient (Wildman–Crippen LogP) is 2.01. The van der Waals surface area contributed by atoms with Crippen molar-refractivity contribution in [2.45, 2.75) is 18.7 Å². The average Bonchev–Trinajstić information content (AvgIpc) is 2.23. The summed E-state index contributed by atoms with van der Waals surface area (Å²) in [6.07, 6.45) is 0. The number of aliphatic hydroxyl groups excluding tert-OH is 1. The standard InChI is InChI=1S/C10H13Br2NO3S/c1-7(5-14)13-17(15,16)6-8-9(11)3-2-4-10(8)12/h2-4,7,13-14H,5-6H2,1H3/t7-/m1/s1. The molecule has 0 aliphatic rings. The number of hydrogen-bond acceptors (Lipinski definition) is 3. The highest BCUT2D eigenvalue weighted by Crippen LogP contribution is 2.26. The van der Waals surface area contributed by atoms with Crippen molar-refractivity contribution in [1.82, 2.24) is 4.72 Å². The predicted molar refractivity (Wildman–Crippen MR) is 74.1 cm³/mol. The van der Waals surface area contributed by atoms with Crippen LogP contribution in [0, 0.1) is 0 Å². The van der Waals surface area contributed by atoms with Crippen LogP contribution in [0.25, 0.3) is 0 Å². The Morgan fingerprint density at radius 3 is 2.35 bits per heavy atom. The first-order chi connectivity index (χ1) is 7.85. The van der Waals surface area contributed by atoms with E-state index in [0.29, 0.717) is 5.56 Å². The van der Waals surface area contributed by atoms with Crippen molar-refractivity contribution in [1.29, 1.82) is 0 Å². The highest BCUT2D eigenvalue weighted by atomic mass is 79.9. The molecule has 17 heavy (non-hydrogen) atoms. The molecule has 0 fully saturated rings. The quantitative estimate of drug-likeness (QED) is 0.813. The molecule has 0 spiro atoms. The molecule has 1 rings (SSSR count). The van der Waals surface area contributed by atoms with Crippen LogP contribution < -0.4 is 4.72 Å². The Bertz CT molecular complexity index is 470. The summed E-state index contributed by atoms with van der Waals surface area (Å²) in [7, 11) is -3.46. The zero-order chi connectivity index (χ0) is 13.1. The normalized spacial score (nSPS) is 13.6. The molecule has 1 aromatic carbocycles. The molecule has 0 unspecified atom stereocenters. The van der Waals surface area contributed by atoms with Gasteiger partial charge in [-0.25, -0.2) is 13.1 Å². The maximum Gasteiger partial charge on any atom is 0.216 e. The van der Waals surface area contributed by atoms with Gasteiger partial charge in [0.25, 0.3) is 0 Å². The van der Waals surface area contributed by atoms with Gasteiger partial charge in [0.1, 0.15) is 0 Å². The lowest BCUT2D eigenvalue weighted by Crippen LogP contribution is -2.35. The van der Waals surface area contributed by atoms with Gasteiger partial charge in [0.2, 0.25) is 10.0 Å². The van der Waals surface area contributed by atoms with Crippen LogP contribution in [0.15, 0.2) is 27.1 Å². The monoisotopic (exact) mass is 385 g/mol. The molecule has 1 aromatic rings. The summed E-state index contributed by atoms with van der Waals surface area (Å²) in [6.45, 7) is 1.38. The van der Waals surface area contributed by atoms with Crippen LogP contribution in [-0.4, -0.2) is 26.2 Å². The second-order valence-corrected chi connectivity index (χ2v) is 7.12. The van der Waals surface area contributed by atoms with Gasteiger partial charge in [-0.1, -0.05) is 37.9 Å². The minimum absolute atomic E-state index is 0.140. The number of benzene rings is 1. The molecule has 0 amide bonds. The molecule has 0 heterocycles. The van der Waals surface area contributed by atoms with Gasteiger partial charge in [-0.05, 0) is 24.6 Å². The first-order valence-electron chi connectivity index (χ1n) is 4.89. The summed E-state index contributed by atoms with van der Waals surface area (Å²) in [6, 6.07) is 4.89. The highest BCUT2D eigenvalue weighted by Gasteiger charge is 2.18. The molecular formula is C10H13Br2NO3S. The molecule has 96 valence electrons. The van der Waals surface area contributed by atoms with E-state index in [-0.39, 0.29) is 12.4 Å². The van der Waals surface area contributed by atoms with Crippen molar-refractivity contribution >= 4 is 41.9 Å². The zero-order valence-corrected chi connectivity index (χ0v) is 13.1. The van der Waals surface area contributed by atoms with E-state index in [1.54, 1.807) is 19.1 Å². The molecule has 7 heteroatoms. The Balaban J connectivity index is 2.91. The molecule has 0 bridgehead atoms. The van der Waals surface area contributed by atoms with Gasteiger partial charge in [-0.3, -0.25) is 0 Å². The minimum Gasteiger partial charge on any atom is -0.395 e. The van der Waals surface area contributed by atoms with Crippen molar-refractivity contribution in [3.05, 3.63) is 32.7 Å². The highest BCUT2D eigenvalue weighted by molar-refractivity contribution is 9.11. The minimum atomic E-state index is -3.46. The van der Waals surface area contributed by atoms with Crippen molar-refractivity contribution in [2.75, 3.05) is 6.61 Å². The lowest BCUT2D eigenvalue weighted by molar-refractivity contribution is 0.265. The SMILES string of the molecule is C[C@H](CO)NS(=O)(=O)Cc1c(Br)cccc1Br. The second kappa shape index (κ2) is 6.29. The van der Waals surface area contributed by atoms with Crippen molar-refractivity contribution in [2.24, 2.45) is 0 Å². The third-order valence-electron chi connectivity index (χ3n) is 2.05. The Kier molecular flexibility index (Phi) is 5.59. The van der Waals surface area contributed by atoms with Crippen LogP contribution in [-0.2, 0) is 15.8 Å². The van der Waals surface area contributed by atoms with Gasteiger partial charge < -0.3 is 5.11 Å². The van der Waals surface area contributed by atoms with E-state index >= 15 is 0 Å². The van der Waals surface area contributed by atoms with Crippen LogP contribution in [0.2, 0.25) is 0 Å². The number of aliphatic hydroxyl groups is 1. The lowest BCUT2D eigenvalue weighted by atomic mass is 10.2. The summed E-state index contributed by atoms with van der Waals surface area (Å²) < 4.78 is 27.5. The largest absolute Gasteiger partial charge is 0.395 e. The third kappa shape index (κ3) is 4.67. The maximum atomic E-state index is 11.8. The second-order valence-electron chi connectivity index (χ2n) is 3.66. The van der Waals surface area contributed by atoms with E-state index in [9.17, 15) is 8.42 Å². The Hall–Kier alpha value is 0.0500. The van der Waals surface area contributed by atoms with E-state index in [1.807, 2.05) is 6.07 Å². The molecule has 0 aliphatic heterocycles. The Labute approximate surface area is 118 Å². The van der Waals surface area contributed by atoms with Crippen LogP contribution in [0.3, 0.4) is 0 Å². The van der Waals surface area contributed by atoms with Gasteiger partial charge in [0, 0.05) is 15.0 Å².